The van der Waals surface area contributed by atoms with Gasteiger partial charge in [-0.15, -0.1) is 0 Å². The van der Waals surface area contributed by atoms with Crippen LogP contribution in [-0.4, -0.2) is 16.5 Å². The van der Waals surface area contributed by atoms with Crippen LogP contribution in [0.15, 0.2) is 0 Å². The van der Waals surface area contributed by atoms with Gasteiger partial charge in [-0.2, -0.15) is 0 Å². The summed E-state index contributed by atoms with van der Waals surface area (Å²) >= 11 is 0. The lowest BCUT2D eigenvalue weighted by Crippen LogP contribution is -2.17. The van der Waals surface area contributed by atoms with Crippen molar-refractivity contribution in [1.82, 2.24) is 15.3 Å². The Balaban J connectivity index is 2.86. The van der Waals surface area contributed by atoms with Gasteiger partial charge in [0.2, 0.25) is 0 Å². The molecule has 96 valence electrons. The van der Waals surface area contributed by atoms with Crippen LogP contribution in [0.4, 0.5) is 0 Å². The number of nitrogens with zero attached hydrogens (tertiary/aromatic N) is 2. The van der Waals surface area contributed by atoms with Crippen LogP contribution in [-0.2, 0) is 6.54 Å². The van der Waals surface area contributed by atoms with Gasteiger partial charge in [-0.05, 0) is 33.2 Å². The fourth-order valence-corrected chi connectivity index (χ4v) is 1.81. The first kappa shape index (κ1) is 14.1. The van der Waals surface area contributed by atoms with E-state index in [0.29, 0.717) is 5.92 Å². The monoisotopic (exact) mass is 235 g/mol. The zero-order valence-electron chi connectivity index (χ0n) is 11.8. The van der Waals surface area contributed by atoms with Crippen molar-refractivity contribution in [3.8, 4) is 0 Å². The summed E-state index contributed by atoms with van der Waals surface area (Å²) in [5.41, 5.74) is 3.50. The predicted octanol–water partition coefficient (Wildman–Crippen LogP) is 3.11. The maximum Gasteiger partial charge on any atom is 0.131 e. The SMILES string of the molecule is CCCNCc1c(C)nc(C(C)CC)nc1C. The zero-order valence-corrected chi connectivity index (χ0v) is 11.8. The van der Waals surface area contributed by atoms with Gasteiger partial charge in [-0.3, -0.25) is 0 Å². The van der Waals surface area contributed by atoms with Crippen LogP contribution >= 0.6 is 0 Å². The van der Waals surface area contributed by atoms with Crippen molar-refractivity contribution in [3.63, 3.8) is 0 Å². The first-order chi connectivity index (χ1) is 8.10. The molecule has 1 N–H and O–H groups in total. The number of rotatable bonds is 6. The molecule has 1 unspecified atom stereocenters. The molecule has 0 spiro atoms. The molecule has 17 heavy (non-hydrogen) atoms. The molecule has 0 fully saturated rings. The molecule has 3 heteroatoms. The molecule has 1 aromatic rings. The zero-order chi connectivity index (χ0) is 12.8. The van der Waals surface area contributed by atoms with E-state index >= 15 is 0 Å². The van der Waals surface area contributed by atoms with Crippen LogP contribution in [0.25, 0.3) is 0 Å². The normalized spacial score (nSPS) is 12.8. The maximum atomic E-state index is 4.63. The second-order valence-electron chi connectivity index (χ2n) is 4.72. The fourth-order valence-electron chi connectivity index (χ4n) is 1.81. The molecule has 0 aliphatic rings. The van der Waals surface area contributed by atoms with Crippen LogP contribution < -0.4 is 5.32 Å². The summed E-state index contributed by atoms with van der Waals surface area (Å²) in [5, 5.41) is 3.42. The van der Waals surface area contributed by atoms with Crippen LogP contribution in [0.5, 0.6) is 0 Å². The van der Waals surface area contributed by atoms with Crippen LogP contribution in [0.2, 0.25) is 0 Å². The standard InChI is InChI=1S/C14H25N3/c1-6-8-15-9-13-11(4)16-14(10(3)7-2)17-12(13)5/h10,15H,6-9H2,1-5H3. The summed E-state index contributed by atoms with van der Waals surface area (Å²) in [7, 11) is 0. The molecule has 0 aliphatic heterocycles. The molecule has 0 saturated heterocycles. The fraction of sp³-hybridized carbons (Fsp3) is 0.714. The van der Waals surface area contributed by atoms with Crippen LogP contribution in [0, 0.1) is 13.8 Å². The molecule has 1 rings (SSSR count). The Morgan fingerprint density at radius 3 is 2.18 bits per heavy atom. The average molecular weight is 235 g/mol. The Morgan fingerprint density at radius 2 is 1.71 bits per heavy atom. The summed E-state index contributed by atoms with van der Waals surface area (Å²) in [4.78, 5) is 9.26. The highest BCUT2D eigenvalue weighted by Crippen LogP contribution is 2.18. The molecule has 1 heterocycles. The predicted molar refractivity (Wildman–Crippen MR) is 72.2 cm³/mol. The van der Waals surface area contributed by atoms with Crippen LogP contribution in [0.1, 0.15) is 62.3 Å². The topological polar surface area (TPSA) is 37.8 Å². The second kappa shape index (κ2) is 6.70. The van der Waals surface area contributed by atoms with Crippen LogP contribution in [0.3, 0.4) is 0 Å². The summed E-state index contributed by atoms with van der Waals surface area (Å²) in [6.45, 7) is 12.6. The van der Waals surface area contributed by atoms with Gasteiger partial charge in [-0.1, -0.05) is 20.8 Å². The molecule has 0 aliphatic carbocycles. The smallest absolute Gasteiger partial charge is 0.131 e. The van der Waals surface area contributed by atoms with Gasteiger partial charge >= 0.3 is 0 Å². The average Bonchev–Trinajstić information content (AvgIpc) is 2.31. The molecule has 0 saturated carbocycles. The van der Waals surface area contributed by atoms with Crippen molar-refractivity contribution in [2.45, 2.75) is 59.9 Å². The lowest BCUT2D eigenvalue weighted by molar-refractivity contribution is 0.641. The molecule has 0 bridgehead atoms. The van der Waals surface area contributed by atoms with Gasteiger partial charge in [0.1, 0.15) is 5.82 Å². The molecule has 0 aromatic carbocycles. The maximum absolute atomic E-state index is 4.63. The minimum Gasteiger partial charge on any atom is -0.313 e. The third kappa shape index (κ3) is 3.77. The number of aromatic nitrogens is 2. The first-order valence-electron chi connectivity index (χ1n) is 6.64. The Morgan fingerprint density at radius 1 is 1.12 bits per heavy atom. The van der Waals surface area contributed by atoms with Crippen molar-refractivity contribution in [2.75, 3.05) is 6.54 Å². The summed E-state index contributed by atoms with van der Waals surface area (Å²) < 4.78 is 0. The molecular weight excluding hydrogens is 210 g/mol. The highest BCUT2D eigenvalue weighted by molar-refractivity contribution is 5.24. The number of nitrogens with one attached hydrogen (secondary N) is 1. The highest BCUT2D eigenvalue weighted by atomic mass is 14.9. The van der Waals surface area contributed by atoms with E-state index in [1.807, 2.05) is 0 Å². The first-order valence-corrected chi connectivity index (χ1v) is 6.64. The minimum absolute atomic E-state index is 0.449. The molecule has 1 aromatic heterocycles. The molecule has 3 nitrogen and oxygen atoms in total. The largest absolute Gasteiger partial charge is 0.313 e. The molecule has 0 amide bonds. The molecule has 1 atom stereocenters. The Hall–Kier alpha value is -0.960. The summed E-state index contributed by atoms with van der Waals surface area (Å²) in [5.74, 6) is 1.44. The number of hydrogen-bond acceptors (Lipinski definition) is 3. The van der Waals surface area contributed by atoms with E-state index in [2.05, 4.69) is 49.9 Å². The Bertz CT molecular complexity index is 337. The second-order valence-corrected chi connectivity index (χ2v) is 4.72. The third-order valence-electron chi connectivity index (χ3n) is 3.22. The van der Waals surface area contributed by atoms with Gasteiger partial charge in [0.25, 0.3) is 0 Å². The van der Waals surface area contributed by atoms with Crippen molar-refractivity contribution < 1.29 is 0 Å². The summed E-state index contributed by atoms with van der Waals surface area (Å²) in [6.07, 6.45) is 2.25. The number of hydrogen-bond donors (Lipinski definition) is 1. The van der Waals surface area contributed by atoms with E-state index in [1.54, 1.807) is 0 Å². The lowest BCUT2D eigenvalue weighted by Gasteiger charge is -2.14. The van der Waals surface area contributed by atoms with Crippen molar-refractivity contribution >= 4 is 0 Å². The molecular formula is C14H25N3. The van der Waals surface area contributed by atoms with Gasteiger partial charge in [0.15, 0.2) is 0 Å². The Labute approximate surface area is 105 Å². The van der Waals surface area contributed by atoms with E-state index < -0.39 is 0 Å². The van der Waals surface area contributed by atoms with Gasteiger partial charge in [0, 0.05) is 29.4 Å². The van der Waals surface area contributed by atoms with Crippen molar-refractivity contribution in [1.29, 1.82) is 0 Å². The minimum atomic E-state index is 0.449. The highest BCUT2D eigenvalue weighted by Gasteiger charge is 2.11. The molecule has 0 radical (unpaired) electrons. The number of aryl methyl sites for hydroxylation is 2. The quantitative estimate of drug-likeness (QED) is 0.770. The van der Waals surface area contributed by atoms with Gasteiger partial charge in [-0.25, -0.2) is 9.97 Å². The third-order valence-corrected chi connectivity index (χ3v) is 3.22. The van der Waals surface area contributed by atoms with E-state index in [-0.39, 0.29) is 0 Å². The van der Waals surface area contributed by atoms with E-state index in [1.165, 1.54) is 5.56 Å². The Kier molecular flexibility index (Phi) is 5.56. The lowest BCUT2D eigenvalue weighted by atomic mass is 10.1. The van der Waals surface area contributed by atoms with E-state index in [0.717, 1.165) is 43.1 Å². The van der Waals surface area contributed by atoms with Gasteiger partial charge < -0.3 is 5.32 Å². The van der Waals surface area contributed by atoms with Gasteiger partial charge in [0.05, 0.1) is 0 Å². The van der Waals surface area contributed by atoms with Crippen molar-refractivity contribution in [3.05, 3.63) is 22.8 Å². The van der Waals surface area contributed by atoms with Crippen molar-refractivity contribution in [2.24, 2.45) is 0 Å². The van der Waals surface area contributed by atoms with E-state index in [4.69, 9.17) is 0 Å². The van der Waals surface area contributed by atoms with E-state index in [9.17, 15) is 0 Å². The summed E-state index contributed by atoms with van der Waals surface area (Å²) in [6, 6.07) is 0.